The smallest absolute Gasteiger partial charge is 0.213 e. The molecular formula is C22H27N3O3S2. The molecule has 0 unspecified atom stereocenters. The number of nitrogens with zero attached hydrogens (tertiary/aromatic N) is 3. The van der Waals surface area contributed by atoms with E-state index < -0.39 is 5.60 Å². The van der Waals surface area contributed by atoms with Crippen LogP contribution in [0.15, 0.2) is 23.1 Å². The lowest BCUT2D eigenvalue weighted by Crippen LogP contribution is -2.46. The number of thioether (sulfide) groups is 1. The molecular weight excluding hydrogens is 418 g/mol. The maximum absolute atomic E-state index is 10.4. The molecule has 2 N–H and O–H groups in total. The quantitative estimate of drug-likeness (QED) is 0.586. The zero-order valence-electron chi connectivity index (χ0n) is 17.7. The summed E-state index contributed by atoms with van der Waals surface area (Å²) in [6.45, 7) is 5.47. The SMILES string of the molecule is COc1ccc(-c2c(C)nc3sc(C(C)(C)O)nn23)cc1SC1(C2CC2)CC(O)C1. The molecule has 2 aromatic heterocycles. The molecule has 2 heterocycles. The van der Waals surface area contributed by atoms with Gasteiger partial charge in [-0.25, -0.2) is 9.50 Å². The van der Waals surface area contributed by atoms with E-state index in [0.717, 1.165) is 45.4 Å². The van der Waals surface area contributed by atoms with E-state index in [-0.39, 0.29) is 10.9 Å². The van der Waals surface area contributed by atoms with E-state index in [1.165, 1.54) is 24.2 Å². The number of hydrogen-bond acceptors (Lipinski definition) is 7. The van der Waals surface area contributed by atoms with Crippen LogP contribution < -0.4 is 4.74 Å². The highest BCUT2D eigenvalue weighted by Gasteiger charge is 2.54. The Hall–Kier alpha value is -1.61. The minimum Gasteiger partial charge on any atom is -0.496 e. The molecule has 2 saturated carbocycles. The normalized spacial score (nSPS) is 24.3. The van der Waals surface area contributed by atoms with Crippen LogP contribution in [0.2, 0.25) is 0 Å². The Morgan fingerprint density at radius 1 is 1.30 bits per heavy atom. The van der Waals surface area contributed by atoms with Gasteiger partial charge in [-0.15, -0.1) is 11.8 Å². The van der Waals surface area contributed by atoms with Crippen molar-refractivity contribution < 1.29 is 14.9 Å². The second-order valence-corrected chi connectivity index (χ2v) is 11.5. The van der Waals surface area contributed by atoms with Crippen molar-refractivity contribution in [2.75, 3.05) is 7.11 Å². The molecule has 6 nitrogen and oxygen atoms in total. The zero-order valence-corrected chi connectivity index (χ0v) is 19.3. The first-order chi connectivity index (χ1) is 14.2. The van der Waals surface area contributed by atoms with Crippen molar-refractivity contribution >= 4 is 28.1 Å². The summed E-state index contributed by atoms with van der Waals surface area (Å²) in [5.74, 6) is 1.55. The third-order valence-corrected chi connectivity index (χ3v) is 8.97. The van der Waals surface area contributed by atoms with E-state index in [0.29, 0.717) is 10.9 Å². The van der Waals surface area contributed by atoms with Gasteiger partial charge in [-0.1, -0.05) is 11.3 Å². The van der Waals surface area contributed by atoms with Gasteiger partial charge in [0, 0.05) is 10.3 Å². The van der Waals surface area contributed by atoms with Crippen LogP contribution >= 0.6 is 23.1 Å². The van der Waals surface area contributed by atoms with E-state index in [4.69, 9.17) is 4.74 Å². The molecule has 0 spiro atoms. The molecule has 0 aliphatic heterocycles. The predicted octanol–water partition coefficient (Wildman–Crippen LogP) is 4.40. The average Bonchev–Trinajstić information content (AvgIpc) is 3.34. The van der Waals surface area contributed by atoms with Gasteiger partial charge in [-0.3, -0.25) is 0 Å². The fourth-order valence-electron chi connectivity index (χ4n) is 4.40. The van der Waals surface area contributed by atoms with Crippen molar-refractivity contribution in [3.63, 3.8) is 0 Å². The summed E-state index contributed by atoms with van der Waals surface area (Å²) in [5, 5.41) is 25.7. The van der Waals surface area contributed by atoms with Crippen LogP contribution in [0.4, 0.5) is 0 Å². The molecule has 0 atom stereocenters. The van der Waals surface area contributed by atoms with Gasteiger partial charge in [0.2, 0.25) is 4.96 Å². The number of rotatable bonds is 6. The van der Waals surface area contributed by atoms with Gasteiger partial charge in [0.05, 0.1) is 29.5 Å². The summed E-state index contributed by atoms with van der Waals surface area (Å²) in [6.07, 6.45) is 4.03. The molecule has 0 amide bonds. The van der Waals surface area contributed by atoms with Crippen LogP contribution in [-0.2, 0) is 5.60 Å². The van der Waals surface area contributed by atoms with Gasteiger partial charge < -0.3 is 14.9 Å². The minimum atomic E-state index is -1.00. The number of methoxy groups -OCH3 is 1. The van der Waals surface area contributed by atoms with Crippen molar-refractivity contribution in [1.82, 2.24) is 14.6 Å². The van der Waals surface area contributed by atoms with E-state index in [9.17, 15) is 10.2 Å². The molecule has 2 fully saturated rings. The topological polar surface area (TPSA) is 79.9 Å². The van der Waals surface area contributed by atoms with Crippen molar-refractivity contribution in [3.05, 3.63) is 28.9 Å². The molecule has 0 saturated heterocycles. The number of ether oxygens (including phenoxy) is 1. The van der Waals surface area contributed by atoms with E-state index in [1.807, 2.05) is 35.3 Å². The second-order valence-electron chi connectivity index (χ2n) is 9.08. The summed E-state index contributed by atoms with van der Waals surface area (Å²) >= 11 is 3.28. The van der Waals surface area contributed by atoms with Crippen molar-refractivity contribution in [1.29, 1.82) is 0 Å². The summed E-state index contributed by atoms with van der Waals surface area (Å²) in [4.78, 5) is 6.56. The third-order valence-electron chi connectivity index (χ3n) is 6.14. The zero-order chi connectivity index (χ0) is 21.3. The molecule has 160 valence electrons. The van der Waals surface area contributed by atoms with Crippen LogP contribution in [0.25, 0.3) is 16.2 Å². The van der Waals surface area contributed by atoms with Gasteiger partial charge in [0.15, 0.2) is 0 Å². The Bertz CT molecular complexity index is 1100. The molecule has 3 aromatic rings. The second kappa shape index (κ2) is 6.95. The Morgan fingerprint density at radius 2 is 2.03 bits per heavy atom. The van der Waals surface area contributed by atoms with Gasteiger partial charge >= 0.3 is 0 Å². The number of hydrogen-bond donors (Lipinski definition) is 2. The van der Waals surface area contributed by atoms with Gasteiger partial charge in [-0.05, 0) is 70.6 Å². The number of fused-ring (bicyclic) bond motifs is 1. The maximum Gasteiger partial charge on any atom is 0.213 e. The maximum atomic E-state index is 10.4. The first-order valence-electron chi connectivity index (χ1n) is 10.3. The molecule has 8 heteroatoms. The Labute approximate surface area is 184 Å². The highest BCUT2D eigenvalue weighted by atomic mass is 32.2. The Kier molecular flexibility index (Phi) is 4.70. The summed E-state index contributed by atoms with van der Waals surface area (Å²) in [5.41, 5.74) is 1.88. The van der Waals surface area contributed by atoms with E-state index >= 15 is 0 Å². The number of aromatic nitrogens is 3. The fraction of sp³-hybridized carbons (Fsp3) is 0.545. The molecule has 1 aromatic carbocycles. The number of benzene rings is 1. The molecule has 2 aliphatic carbocycles. The van der Waals surface area contributed by atoms with Crippen LogP contribution in [0.3, 0.4) is 0 Å². The lowest BCUT2D eigenvalue weighted by Gasteiger charge is -2.45. The third kappa shape index (κ3) is 3.34. The van der Waals surface area contributed by atoms with Gasteiger partial charge in [-0.2, -0.15) is 5.10 Å². The van der Waals surface area contributed by atoms with E-state index in [2.05, 4.69) is 16.1 Å². The average molecular weight is 446 g/mol. The lowest BCUT2D eigenvalue weighted by atomic mass is 9.78. The predicted molar refractivity (Wildman–Crippen MR) is 119 cm³/mol. The van der Waals surface area contributed by atoms with Crippen LogP contribution in [0.1, 0.15) is 50.2 Å². The lowest BCUT2D eigenvalue weighted by molar-refractivity contribution is 0.0524. The van der Waals surface area contributed by atoms with Gasteiger partial charge in [0.25, 0.3) is 0 Å². The highest BCUT2D eigenvalue weighted by Crippen LogP contribution is 2.61. The highest BCUT2D eigenvalue weighted by molar-refractivity contribution is 8.00. The standard InChI is InChI=1S/C22H27N3O3S2/c1-12-18(25-20(23-12)29-19(24-25)21(2,3)27)13-5-8-16(28-4)17(9-13)30-22(14-6-7-14)10-15(26)11-22/h5,8-9,14-15,26-27H,6-7,10-11H2,1-4H3. The van der Waals surface area contributed by atoms with Crippen LogP contribution in [0.5, 0.6) is 5.75 Å². The van der Waals surface area contributed by atoms with Crippen LogP contribution in [-0.4, -0.2) is 42.8 Å². The fourth-order valence-corrected chi connectivity index (χ4v) is 7.17. The van der Waals surface area contributed by atoms with Crippen LogP contribution in [0, 0.1) is 12.8 Å². The Balaban J connectivity index is 1.56. The summed E-state index contributed by atoms with van der Waals surface area (Å²) in [7, 11) is 1.71. The number of aliphatic hydroxyl groups is 2. The largest absolute Gasteiger partial charge is 0.496 e. The molecule has 5 rings (SSSR count). The molecule has 2 aliphatic rings. The minimum absolute atomic E-state index is 0.127. The number of aryl methyl sites for hydroxylation is 1. The van der Waals surface area contributed by atoms with Crippen molar-refractivity contribution in [2.45, 2.75) is 67.8 Å². The Morgan fingerprint density at radius 3 is 2.63 bits per heavy atom. The number of aliphatic hydroxyl groups excluding tert-OH is 1. The van der Waals surface area contributed by atoms with Crippen molar-refractivity contribution in [3.8, 4) is 17.0 Å². The summed E-state index contributed by atoms with van der Waals surface area (Å²) < 4.78 is 7.64. The number of imidazole rings is 1. The van der Waals surface area contributed by atoms with E-state index in [1.54, 1.807) is 21.0 Å². The summed E-state index contributed by atoms with van der Waals surface area (Å²) in [6, 6.07) is 6.22. The van der Waals surface area contributed by atoms with Crippen molar-refractivity contribution in [2.24, 2.45) is 5.92 Å². The first kappa shape index (κ1) is 20.3. The molecule has 30 heavy (non-hydrogen) atoms. The first-order valence-corrected chi connectivity index (χ1v) is 12.0. The monoisotopic (exact) mass is 445 g/mol. The molecule has 0 radical (unpaired) electrons. The molecule has 0 bridgehead atoms. The van der Waals surface area contributed by atoms with Gasteiger partial charge in [0.1, 0.15) is 16.4 Å².